The largest absolute Gasteiger partial charge is 0.370 e. The molecule has 1 unspecified atom stereocenters. The van der Waals surface area contributed by atoms with Gasteiger partial charge in [0.1, 0.15) is 0 Å². The van der Waals surface area contributed by atoms with Gasteiger partial charge in [0.2, 0.25) is 0 Å². The first-order chi connectivity index (χ1) is 9.13. The third-order valence-electron chi connectivity index (χ3n) is 6.24. The average Bonchev–Trinajstić information content (AvgIpc) is 3.10. The SMILES string of the molecule is CC(NC(N)=NC1CC1)C12CC3CC(CC(C3)C1)C2. The van der Waals surface area contributed by atoms with Crippen LogP contribution in [0.25, 0.3) is 0 Å². The van der Waals surface area contributed by atoms with Crippen molar-refractivity contribution in [3.05, 3.63) is 0 Å². The number of rotatable bonds is 3. The van der Waals surface area contributed by atoms with Gasteiger partial charge >= 0.3 is 0 Å². The zero-order valence-corrected chi connectivity index (χ0v) is 12.1. The van der Waals surface area contributed by atoms with Crippen LogP contribution in [0.1, 0.15) is 58.3 Å². The van der Waals surface area contributed by atoms with E-state index >= 15 is 0 Å². The molecule has 0 spiro atoms. The summed E-state index contributed by atoms with van der Waals surface area (Å²) in [6.45, 7) is 2.35. The summed E-state index contributed by atoms with van der Waals surface area (Å²) in [7, 11) is 0. The smallest absolute Gasteiger partial charge is 0.189 e. The van der Waals surface area contributed by atoms with Crippen LogP contribution in [0.4, 0.5) is 0 Å². The van der Waals surface area contributed by atoms with Gasteiger partial charge in [0.15, 0.2) is 5.96 Å². The first kappa shape index (κ1) is 12.0. The van der Waals surface area contributed by atoms with E-state index in [0.717, 1.165) is 17.8 Å². The molecule has 0 aromatic heterocycles. The molecule has 19 heavy (non-hydrogen) atoms. The predicted molar refractivity (Wildman–Crippen MR) is 77.8 cm³/mol. The van der Waals surface area contributed by atoms with E-state index in [-0.39, 0.29) is 0 Å². The molecule has 5 saturated carbocycles. The minimum Gasteiger partial charge on any atom is -0.370 e. The van der Waals surface area contributed by atoms with Gasteiger partial charge in [-0.1, -0.05) is 0 Å². The molecule has 106 valence electrons. The van der Waals surface area contributed by atoms with Crippen molar-refractivity contribution in [2.45, 2.75) is 70.4 Å². The van der Waals surface area contributed by atoms with Gasteiger partial charge < -0.3 is 11.1 Å². The highest BCUT2D eigenvalue weighted by Gasteiger charge is 2.53. The van der Waals surface area contributed by atoms with Crippen molar-refractivity contribution in [3.8, 4) is 0 Å². The maximum absolute atomic E-state index is 6.07. The second-order valence-electron chi connectivity index (χ2n) is 7.89. The molecule has 0 heterocycles. The zero-order chi connectivity index (χ0) is 13.0. The van der Waals surface area contributed by atoms with Crippen molar-refractivity contribution in [3.63, 3.8) is 0 Å². The molecular weight excluding hydrogens is 234 g/mol. The Morgan fingerprint density at radius 3 is 2.11 bits per heavy atom. The third-order valence-corrected chi connectivity index (χ3v) is 6.24. The summed E-state index contributed by atoms with van der Waals surface area (Å²) in [4.78, 5) is 4.54. The van der Waals surface area contributed by atoms with E-state index in [2.05, 4.69) is 17.2 Å². The van der Waals surface area contributed by atoms with Crippen molar-refractivity contribution in [1.82, 2.24) is 5.32 Å². The molecule has 5 aliphatic carbocycles. The van der Waals surface area contributed by atoms with Crippen molar-refractivity contribution in [2.24, 2.45) is 33.9 Å². The molecule has 0 aromatic carbocycles. The van der Waals surface area contributed by atoms with Crippen molar-refractivity contribution >= 4 is 5.96 Å². The lowest BCUT2D eigenvalue weighted by Crippen LogP contribution is -2.56. The first-order valence-corrected chi connectivity index (χ1v) is 8.23. The number of nitrogens with two attached hydrogens (primary N) is 1. The molecule has 3 nitrogen and oxygen atoms in total. The fourth-order valence-corrected chi connectivity index (χ4v) is 5.52. The highest BCUT2D eigenvalue weighted by Crippen LogP contribution is 2.61. The Bertz CT molecular complexity index is 362. The molecule has 4 bridgehead atoms. The summed E-state index contributed by atoms with van der Waals surface area (Å²) in [5.74, 6) is 3.73. The second kappa shape index (κ2) is 4.13. The third kappa shape index (κ3) is 2.15. The minimum atomic E-state index is 0.503. The molecule has 0 radical (unpaired) electrons. The second-order valence-corrected chi connectivity index (χ2v) is 7.89. The molecule has 0 aliphatic heterocycles. The van der Waals surface area contributed by atoms with Crippen molar-refractivity contribution in [1.29, 1.82) is 0 Å². The van der Waals surface area contributed by atoms with Gasteiger partial charge in [-0.05, 0) is 81.5 Å². The molecule has 3 heteroatoms. The van der Waals surface area contributed by atoms with Crippen LogP contribution in [-0.2, 0) is 0 Å². The van der Waals surface area contributed by atoms with Gasteiger partial charge in [-0.3, -0.25) is 4.99 Å². The zero-order valence-electron chi connectivity index (χ0n) is 12.1. The van der Waals surface area contributed by atoms with Crippen molar-refractivity contribution in [2.75, 3.05) is 0 Å². The highest BCUT2D eigenvalue weighted by molar-refractivity contribution is 5.78. The standard InChI is InChI=1S/C16H27N3/c1-10(18-15(17)19-14-2-3-14)16-7-11-4-12(8-16)6-13(5-11)9-16/h10-14H,2-9H2,1H3,(H3,17,18,19). The molecule has 0 aromatic rings. The Labute approximate surface area is 116 Å². The highest BCUT2D eigenvalue weighted by atomic mass is 15.1. The maximum atomic E-state index is 6.07. The van der Waals surface area contributed by atoms with E-state index in [1.165, 1.54) is 51.4 Å². The van der Waals surface area contributed by atoms with Gasteiger partial charge in [0.25, 0.3) is 0 Å². The molecule has 5 fully saturated rings. The monoisotopic (exact) mass is 261 g/mol. The summed E-state index contributed by atoms with van der Waals surface area (Å²) in [6, 6.07) is 1.03. The van der Waals surface area contributed by atoms with Gasteiger partial charge in [-0.15, -0.1) is 0 Å². The van der Waals surface area contributed by atoms with E-state index < -0.39 is 0 Å². The summed E-state index contributed by atoms with van der Waals surface area (Å²) in [5, 5.41) is 3.54. The van der Waals surface area contributed by atoms with E-state index in [0.29, 0.717) is 23.5 Å². The quantitative estimate of drug-likeness (QED) is 0.606. The van der Waals surface area contributed by atoms with Crippen LogP contribution >= 0.6 is 0 Å². The molecule has 5 rings (SSSR count). The fraction of sp³-hybridized carbons (Fsp3) is 0.938. The summed E-state index contributed by atoms with van der Waals surface area (Å²) in [5.41, 5.74) is 6.60. The van der Waals surface area contributed by atoms with E-state index in [9.17, 15) is 0 Å². The topological polar surface area (TPSA) is 50.4 Å². The van der Waals surface area contributed by atoms with Crippen LogP contribution in [0.5, 0.6) is 0 Å². The maximum Gasteiger partial charge on any atom is 0.189 e. The fourth-order valence-electron chi connectivity index (χ4n) is 5.52. The average molecular weight is 261 g/mol. The van der Waals surface area contributed by atoms with E-state index in [1.807, 2.05) is 0 Å². The number of nitrogens with zero attached hydrogens (tertiary/aromatic N) is 1. The van der Waals surface area contributed by atoms with Crippen LogP contribution in [-0.4, -0.2) is 18.0 Å². The van der Waals surface area contributed by atoms with Crippen LogP contribution in [0.2, 0.25) is 0 Å². The molecule has 1 atom stereocenters. The van der Waals surface area contributed by atoms with Crippen LogP contribution in [0.3, 0.4) is 0 Å². The molecule has 5 aliphatic rings. The normalized spacial score (nSPS) is 46.4. The van der Waals surface area contributed by atoms with E-state index in [1.54, 1.807) is 0 Å². The Hall–Kier alpha value is -0.730. The van der Waals surface area contributed by atoms with Crippen LogP contribution in [0.15, 0.2) is 4.99 Å². The number of aliphatic imine (C=N–C) groups is 1. The van der Waals surface area contributed by atoms with Crippen molar-refractivity contribution < 1.29 is 0 Å². The minimum absolute atomic E-state index is 0.503. The van der Waals surface area contributed by atoms with Gasteiger partial charge in [-0.2, -0.15) is 0 Å². The molecule has 0 saturated heterocycles. The lowest BCUT2D eigenvalue weighted by molar-refractivity contribution is -0.0673. The van der Waals surface area contributed by atoms with Gasteiger partial charge in [0, 0.05) is 6.04 Å². The number of nitrogens with one attached hydrogen (secondary N) is 1. The Morgan fingerprint density at radius 2 is 1.63 bits per heavy atom. The predicted octanol–water partition coefficient (Wildman–Crippen LogP) is 2.66. The Balaban J connectivity index is 1.48. The van der Waals surface area contributed by atoms with Gasteiger partial charge in [0.05, 0.1) is 6.04 Å². The lowest BCUT2D eigenvalue weighted by Gasteiger charge is -2.59. The van der Waals surface area contributed by atoms with E-state index in [4.69, 9.17) is 5.73 Å². The molecule has 0 amide bonds. The van der Waals surface area contributed by atoms with Crippen LogP contribution < -0.4 is 11.1 Å². The Morgan fingerprint density at radius 1 is 1.11 bits per heavy atom. The lowest BCUT2D eigenvalue weighted by atomic mass is 9.48. The summed E-state index contributed by atoms with van der Waals surface area (Å²) >= 11 is 0. The number of hydrogen-bond donors (Lipinski definition) is 2. The Kier molecular flexibility index (Phi) is 2.62. The summed E-state index contributed by atoms with van der Waals surface area (Å²) < 4.78 is 0. The molecule has 3 N–H and O–H groups in total. The first-order valence-electron chi connectivity index (χ1n) is 8.23. The summed E-state index contributed by atoms with van der Waals surface area (Å²) in [6.07, 6.45) is 11.3. The van der Waals surface area contributed by atoms with Gasteiger partial charge in [-0.25, -0.2) is 0 Å². The molecular formula is C16H27N3. The van der Waals surface area contributed by atoms with Crippen LogP contribution in [0, 0.1) is 23.2 Å². The number of guanidine groups is 1. The number of hydrogen-bond acceptors (Lipinski definition) is 1.